The first-order valence-corrected chi connectivity index (χ1v) is 6.34. The third-order valence-electron chi connectivity index (χ3n) is 2.68. The number of halogens is 1. The second-order valence-electron chi connectivity index (χ2n) is 4.10. The van der Waals surface area contributed by atoms with E-state index >= 15 is 0 Å². The fourth-order valence-corrected chi connectivity index (χ4v) is 1.69. The smallest absolute Gasteiger partial charge is 0.200 e. The van der Waals surface area contributed by atoms with Gasteiger partial charge in [0.05, 0.1) is 6.61 Å². The molecule has 0 fully saturated rings. The van der Waals surface area contributed by atoms with Gasteiger partial charge in [0.1, 0.15) is 5.75 Å². The van der Waals surface area contributed by atoms with Crippen LogP contribution in [0.3, 0.4) is 0 Å². The van der Waals surface area contributed by atoms with Crippen molar-refractivity contribution in [3.8, 4) is 11.5 Å². The van der Waals surface area contributed by atoms with Crippen LogP contribution in [0.15, 0.2) is 48.5 Å². The molecule has 0 heterocycles. The molecule has 0 unspecified atom stereocenters. The summed E-state index contributed by atoms with van der Waals surface area (Å²) in [6, 6.07) is 12.8. The van der Waals surface area contributed by atoms with Crippen LogP contribution < -0.4 is 9.47 Å². The van der Waals surface area contributed by atoms with E-state index in [1.807, 2.05) is 6.92 Å². The van der Waals surface area contributed by atoms with Gasteiger partial charge in [0, 0.05) is 5.56 Å². The van der Waals surface area contributed by atoms with Gasteiger partial charge in [0.2, 0.25) is 0 Å². The summed E-state index contributed by atoms with van der Waals surface area (Å²) in [5.74, 6) is 0.0918. The van der Waals surface area contributed by atoms with Crippen molar-refractivity contribution in [3.63, 3.8) is 0 Å². The minimum Gasteiger partial charge on any atom is -0.494 e. The van der Waals surface area contributed by atoms with Gasteiger partial charge in [-0.1, -0.05) is 12.1 Å². The molecular formula is C16H15FO3. The summed E-state index contributed by atoms with van der Waals surface area (Å²) < 4.78 is 23.8. The van der Waals surface area contributed by atoms with Gasteiger partial charge in [-0.05, 0) is 43.3 Å². The SMILES string of the molecule is CCOc1ccc(C(=O)COc2ccccc2F)cc1. The number of ether oxygens (including phenoxy) is 2. The van der Waals surface area contributed by atoms with Crippen molar-refractivity contribution in [2.45, 2.75) is 6.92 Å². The van der Waals surface area contributed by atoms with Crippen LogP contribution in [0.1, 0.15) is 17.3 Å². The van der Waals surface area contributed by atoms with Gasteiger partial charge in [-0.3, -0.25) is 4.79 Å². The van der Waals surface area contributed by atoms with Crippen molar-refractivity contribution in [1.82, 2.24) is 0 Å². The van der Waals surface area contributed by atoms with Crippen LogP contribution in [0.2, 0.25) is 0 Å². The van der Waals surface area contributed by atoms with E-state index in [0.29, 0.717) is 17.9 Å². The minimum atomic E-state index is -0.480. The minimum absolute atomic E-state index is 0.0757. The van der Waals surface area contributed by atoms with E-state index in [-0.39, 0.29) is 18.1 Å². The number of ketones is 1. The Kier molecular flexibility index (Phi) is 4.71. The number of carbonyl (C=O) groups is 1. The Morgan fingerprint density at radius 2 is 1.75 bits per heavy atom. The van der Waals surface area contributed by atoms with E-state index < -0.39 is 5.82 Å². The highest BCUT2D eigenvalue weighted by Crippen LogP contribution is 2.16. The van der Waals surface area contributed by atoms with Gasteiger partial charge < -0.3 is 9.47 Å². The Morgan fingerprint density at radius 3 is 2.40 bits per heavy atom. The predicted molar refractivity (Wildman–Crippen MR) is 73.8 cm³/mol. The monoisotopic (exact) mass is 274 g/mol. The molecule has 0 saturated carbocycles. The van der Waals surface area contributed by atoms with Crippen molar-refractivity contribution < 1.29 is 18.7 Å². The Hall–Kier alpha value is -2.36. The largest absolute Gasteiger partial charge is 0.494 e. The van der Waals surface area contributed by atoms with Gasteiger partial charge in [-0.15, -0.1) is 0 Å². The van der Waals surface area contributed by atoms with Crippen molar-refractivity contribution in [2.24, 2.45) is 0 Å². The zero-order valence-electron chi connectivity index (χ0n) is 11.1. The van der Waals surface area contributed by atoms with Gasteiger partial charge in [0.25, 0.3) is 0 Å². The molecule has 0 spiro atoms. The predicted octanol–water partition coefficient (Wildman–Crippen LogP) is 3.49. The lowest BCUT2D eigenvalue weighted by Crippen LogP contribution is -2.12. The summed E-state index contributed by atoms with van der Waals surface area (Å²) in [5.41, 5.74) is 0.504. The van der Waals surface area contributed by atoms with Crippen LogP contribution in [0, 0.1) is 5.82 Å². The van der Waals surface area contributed by atoms with Gasteiger partial charge in [-0.25, -0.2) is 4.39 Å². The van der Waals surface area contributed by atoms with Crippen molar-refractivity contribution >= 4 is 5.78 Å². The summed E-state index contributed by atoms with van der Waals surface area (Å²) in [7, 11) is 0. The number of hydrogen-bond donors (Lipinski definition) is 0. The molecule has 0 aliphatic heterocycles. The van der Waals surface area contributed by atoms with Crippen molar-refractivity contribution in [3.05, 3.63) is 59.9 Å². The molecule has 0 bridgehead atoms. The molecule has 0 saturated heterocycles. The molecule has 4 heteroatoms. The summed E-state index contributed by atoms with van der Waals surface area (Å²) >= 11 is 0. The molecule has 0 aliphatic carbocycles. The Labute approximate surface area is 117 Å². The second-order valence-corrected chi connectivity index (χ2v) is 4.10. The Bertz CT molecular complexity index is 579. The summed E-state index contributed by atoms with van der Waals surface area (Å²) in [6.45, 7) is 2.26. The molecule has 0 radical (unpaired) electrons. The van der Waals surface area contributed by atoms with Crippen LogP contribution in [0.25, 0.3) is 0 Å². The maximum Gasteiger partial charge on any atom is 0.200 e. The van der Waals surface area contributed by atoms with Crippen LogP contribution in [0.5, 0.6) is 11.5 Å². The standard InChI is InChI=1S/C16H15FO3/c1-2-19-13-9-7-12(8-10-13)15(18)11-20-16-6-4-3-5-14(16)17/h3-10H,2,11H2,1H3. The van der Waals surface area contributed by atoms with Crippen LogP contribution in [0.4, 0.5) is 4.39 Å². The first-order chi connectivity index (χ1) is 9.70. The van der Waals surface area contributed by atoms with Crippen molar-refractivity contribution in [1.29, 1.82) is 0 Å². The zero-order chi connectivity index (χ0) is 14.4. The summed E-state index contributed by atoms with van der Waals surface area (Å²) in [4.78, 5) is 11.9. The molecule has 2 aromatic rings. The van der Waals surface area contributed by atoms with Crippen LogP contribution >= 0.6 is 0 Å². The first kappa shape index (κ1) is 14.1. The van der Waals surface area contributed by atoms with E-state index in [4.69, 9.17) is 9.47 Å². The van der Waals surface area contributed by atoms with Crippen LogP contribution in [-0.4, -0.2) is 19.0 Å². The number of para-hydroxylation sites is 1. The van der Waals surface area contributed by atoms with Gasteiger partial charge in [0.15, 0.2) is 24.0 Å². The highest BCUT2D eigenvalue weighted by molar-refractivity contribution is 5.97. The van der Waals surface area contributed by atoms with Gasteiger partial charge in [-0.2, -0.15) is 0 Å². The number of benzene rings is 2. The zero-order valence-corrected chi connectivity index (χ0v) is 11.1. The van der Waals surface area contributed by atoms with E-state index in [1.165, 1.54) is 12.1 Å². The highest BCUT2D eigenvalue weighted by Gasteiger charge is 2.09. The molecule has 0 aromatic heterocycles. The summed E-state index contributed by atoms with van der Waals surface area (Å²) in [5, 5.41) is 0. The molecule has 0 amide bonds. The fraction of sp³-hybridized carbons (Fsp3) is 0.188. The normalized spacial score (nSPS) is 10.1. The maximum atomic E-state index is 13.3. The Morgan fingerprint density at radius 1 is 1.05 bits per heavy atom. The average molecular weight is 274 g/mol. The molecule has 0 N–H and O–H groups in total. The summed E-state index contributed by atoms with van der Waals surface area (Å²) in [6.07, 6.45) is 0. The number of rotatable bonds is 6. The average Bonchev–Trinajstić information content (AvgIpc) is 2.47. The molecular weight excluding hydrogens is 259 g/mol. The molecule has 3 nitrogen and oxygen atoms in total. The Balaban J connectivity index is 1.96. The van der Waals surface area contributed by atoms with E-state index in [2.05, 4.69) is 0 Å². The quantitative estimate of drug-likeness (QED) is 0.756. The lowest BCUT2D eigenvalue weighted by atomic mass is 10.1. The number of Topliss-reactive ketones (excluding diaryl/α,β-unsaturated/α-hetero) is 1. The second kappa shape index (κ2) is 6.70. The lowest BCUT2D eigenvalue weighted by molar-refractivity contribution is 0.0918. The number of carbonyl (C=O) groups excluding carboxylic acids is 1. The molecule has 2 aromatic carbocycles. The third-order valence-corrected chi connectivity index (χ3v) is 2.68. The molecule has 0 atom stereocenters. The van der Waals surface area contributed by atoms with E-state index in [9.17, 15) is 9.18 Å². The third kappa shape index (κ3) is 3.57. The maximum absolute atomic E-state index is 13.3. The topological polar surface area (TPSA) is 35.5 Å². The van der Waals surface area contributed by atoms with Crippen LogP contribution in [-0.2, 0) is 0 Å². The molecule has 20 heavy (non-hydrogen) atoms. The fourth-order valence-electron chi connectivity index (χ4n) is 1.69. The van der Waals surface area contributed by atoms with Gasteiger partial charge >= 0.3 is 0 Å². The lowest BCUT2D eigenvalue weighted by Gasteiger charge is -2.07. The van der Waals surface area contributed by atoms with Crippen molar-refractivity contribution in [2.75, 3.05) is 13.2 Å². The number of hydrogen-bond acceptors (Lipinski definition) is 3. The first-order valence-electron chi connectivity index (χ1n) is 6.34. The molecule has 2 rings (SSSR count). The molecule has 0 aliphatic rings. The highest BCUT2D eigenvalue weighted by atomic mass is 19.1. The van der Waals surface area contributed by atoms with E-state index in [1.54, 1.807) is 36.4 Å². The molecule has 104 valence electrons. The van der Waals surface area contributed by atoms with E-state index in [0.717, 1.165) is 0 Å².